The molecule has 0 aliphatic carbocycles. The number of hydrogen-bond donors (Lipinski definition) is 0. The van der Waals surface area contributed by atoms with Gasteiger partial charge in [-0.3, -0.25) is 4.98 Å². The largest absolute Gasteiger partial charge is 0.252 e. The molecule has 0 saturated carbocycles. The van der Waals surface area contributed by atoms with Crippen LogP contribution in [0.5, 0.6) is 0 Å². The molecule has 2 heterocycles. The van der Waals surface area contributed by atoms with Crippen molar-refractivity contribution in [2.75, 3.05) is 0 Å². The molecular weight excluding hydrogens is 504 g/mol. The van der Waals surface area contributed by atoms with Crippen molar-refractivity contribution in [3.63, 3.8) is 0 Å². The molecule has 0 spiro atoms. The highest BCUT2D eigenvalue weighted by molar-refractivity contribution is 7.26. The number of benzene rings is 6. The summed E-state index contributed by atoms with van der Waals surface area (Å²) in [5, 5.41) is 7.43. The zero-order valence-corrected chi connectivity index (χ0v) is 23.4. The van der Waals surface area contributed by atoms with Gasteiger partial charge in [0, 0.05) is 36.5 Å². The van der Waals surface area contributed by atoms with Crippen molar-refractivity contribution in [3.8, 4) is 22.4 Å². The van der Waals surface area contributed by atoms with Crippen LogP contribution in [0, 0.1) is 20.8 Å². The van der Waals surface area contributed by atoms with Crippen LogP contribution in [0.1, 0.15) is 16.7 Å². The van der Waals surface area contributed by atoms with Crippen molar-refractivity contribution in [2.45, 2.75) is 20.8 Å². The van der Waals surface area contributed by atoms with Crippen LogP contribution in [0.4, 0.5) is 0 Å². The average molecular weight is 531 g/mol. The second-order valence-corrected chi connectivity index (χ2v) is 11.9. The summed E-state index contributed by atoms with van der Waals surface area (Å²) < 4.78 is 2.74. The number of aromatic nitrogens is 2. The first-order chi connectivity index (χ1) is 19.5. The van der Waals surface area contributed by atoms with Gasteiger partial charge in [-0.2, -0.15) is 0 Å². The Labute approximate surface area is 236 Å². The van der Waals surface area contributed by atoms with Gasteiger partial charge in [-0.25, -0.2) is 4.98 Å². The van der Waals surface area contributed by atoms with E-state index in [1.165, 1.54) is 58.8 Å². The predicted molar refractivity (Wildman–Crippen MR) is 173 cm³/mol. The Kier molecular flexibility index (Phi) is 5.07. The van der Waals surface area contributed by atoms with E-state index < -0.39 is 0 Å². The van der Waals surface area contributed by atoms with E-state index in [4.69, 9.17) is 9.97 Å². The second-order valence-electron chi connectivity index (χ2n) is 10.9. The van der Waals surface area contributed by atoms with Crippen LogP contribution in [0.15, 0.2) is 103 Å². The van der Waals surface area contributed by atoms with Gasteiger partial charge in [0.05, 0.1) is 22.9 Å². The minimum absolute atomic E-state index is 0.891. The lowest BCUT2D eigenvalue weighted by molar-refractivity contribution is 1.31. The SMILES string of the molecule is Cc1cc(C)c2sc3c(-c4ccc(-c5cnc6c7ccccc7c7ccccc7c6n5)cc4)cc(C)cc3c2c1. The predicted octanol–water partition coefficient (Wildman–Crippen LogP) is 10.6. The standard InChI is InChI=1S/C37H26N2S/c1-21-16-23(3)36-31(18-21)32-19-22(2)17-30(37(32)40-36)24-12-14-25(15-13-24)33-20-38-34-28-10-6-4-8-26(28)27-9-5-7-11-29(27)35(34)39-33/h4-20H,1-3H3. The van der Waals surface area contributed by atoms with Gasteiger partial charge in [-0.1, -0.05) is 84.4 Å². The molecule has 0 amide bonds. The summed E-state index contributed by atoms with van der Waals surface area (Å²) in [6.07, 6.45) is 1.92. The highest BCUT2D eigenvalue weighted by Crippen LogP contribution is 2.43. The molecule has 2 aromatic heterocycles. The van der Waals surface area contributed by atoms with Gasteiger partial charge in [0.1, 0.15) is 0 Å². The normalized spacial score (nSPS) is 11.9. The van der Waals surface area contributed by atoms with E-state index in [2.05, 4.69) is 118 Å². The van der Waals surface area contributed by atoms with E-state index in [-0.39, 0.29) is 0 Å². The van der Waals surface area contributed by atoms with Crippen LogP contribution in [0.25, 0.3) is 75.1 Å². The molecule has 0 saturated heterocycles. The average Bonchev–Trinajstić information content (AvgIpc) is 3.35. The minimum Gasteiger partial charge on any atom is -0.252 e. The molecule has 0 aliphatic heterocycles. The van der Waals surface area contributed by atoms with Crippen LogP contribution < -0.4 is 0 Å². The number of nitrogens with zero attached hydrogens (tertiary/aromatic N) is 2. The third-order valence-electron chi connectivity index (χ3n) is 8.07. The summed E-state index contributed by atoms with van der Waals surface area (Å²) in [6.45, 7) is 6.61. The molecule has 0 fully saturated rings. The lowest BCUT2D eigenvalue weighted by atomic mass is 9.97. The highest BCUT2D eigenvalue weighted by Gasteiger charge is 2.15. The van der Waals surface area contributed by atoms with Crippen LogP contribution in [-0.4, -0.2) is 9.97 Å². The van der Waals surface area contributed by atoms with Crippen LogP contribution in [0.3, 0.4) is 0 Å². The van der Waals surface area contributed by atoms with Gasteiger partial charge in [0.15, 0.2) is 0 Å². The van der Waals surface area contributed by atoms with E-state index >= 15 is 0 Å². The molecule has 0 aliphatic rings. The maximum absolute atomic E-state index is 5.18. The number of aryl methyl sites for hydroxylation is 3. The quantitative estimate of drug-likeness (QED) is 0.208. The second kappa shape index (κ2) is 8.70. The topological polar surface area (TPSA) is 25.8 Å². The monoisotopic (exact) mass is 530 g/mol. The Balaban J connectivity index is 1.28. The minimum atomic E-state index is 0.891. The molecule has 40 heavy (non-hydrogen) atoms. The summed E-state index contributed by atoms with van der Waals surface area (Å²) in [5.74, 6) is 0. The zero-order chi connectivity index (χ0) is 27.0. The van der Waals surface area contributed by atoms with Crippen molar-refractivity contribution >= 4 is 64.1 Å². The molecule has 0 unspecified atom stereocenters. The van der Waals surface area contributed by atoms with E-state index in [9.17, 15) is 0 Å². The first-order valence-corrected chi connectivity index (χ1v) is 14.5. The van der Waals surface area contributed by atoms with Gasteiger partial charge >= 0.3 is 0 Å². The Morgan fingerprint density at radius 1 is 0.525 bits per heavy atom. The third-order valence-corrected chi connectivity index (χ3v) is 9.46. The van der Waals surface area contributed by atoms with E-state index in [1.807, 2.05) is 17.5 Å². The van der Waals surface area contributed by atoms with Gasteiger partial charge in [-0.15, -0.1) is 11.3 Å². The molecule has 8 rings (SSSR count). The third kappa shape index (κ3) is 3.48. The lowest BCUT2D eigenvalue weighted by Crippen LogP contribution is -1.92. The molecule has 8 aromatic rings. The molecule has 0 N–H and O–H groups in total. The molecule has 6 aromatic carbocycles. The molecule has 0 radical (unpaired) electrons. The lowest BCUT2D eigenvalue weighted by Gasteiger charge is -2.11. The summed E-state index contributed by atoms with van der Waals surface area (Å²) in [5.41, 5.74) is 10.3. The summed E-state index contributed by atoms with van der Waals surface area (Å²) in [4.78, 5) is 10.1. The van der Waals surface area contributed by atoms with Crippen molar-refractivity contribution in [1.29, 1.82) is 0 Å². The smallest absolute Gasteiger partial charge is 0.0979 e. The zero-order valence-electron chi connectivity index (χ0n) is 22.6. The van der Waals surface area contributed by atoms with E-state index in [1.54, 1.807) is 0 Å². The fourth-order valence-electron chi connectivity index (χ4n) is 6.27. The Morgan fingerprint density at radius 3 is 1.80 bits per heavy atom. The van der Waals surface area contributed by atoms with Crippen molar-refractivity contribution in [1.82, 2.24) is 9.97 Å². The van der Waals surface area contributed by atoms with Crippen molar-refractivity contribution in [2.24, 2.45) is 0 Å². The Morgan fingerprint density at radius 2 is 1.10 bits per heavy atom. The summed E-state index contributed by atoms with van der Waals surface area (Å²) in [6, 6.07) is 35.1. The van der Waals surface area contributed by atoms with E-state index in [0.717, 1.165) is 33.1 Å². The van der Waals surface area contributed by atoms with Gasteiger partial charge in [0.2, 0.25) is 0 Å². The number of rotatable bonds is 2. The van der Waals surface area contributed by atoms with Crippen molar-refractivity contribution < 1.29 is 0 Å². The number of fused-ring (bicyclic) bond motifs is 9. The number of thiophene rings is 1. The first-order valence-electron chi connectivity index (χ1n) is 13.7. The Hall–Kier alpha value is -4.60. The van der Waals surface area contributed by atoms with Gasteiger partial charge < -0.3 is 0 Å². The Bertz CT molecular complexity index is 2260. The fourth-order valence-corrected chi connectivity index (χ4v) is 7.54. The fraction of sp³-hybridized carbons (Fsp3) is 0.0811. The molecule has 190 valence electrons. The summed E-state index contributed by atoms with van der Waals surface area (Å²) >= 11 is 1.91. The molecule has 2 nitrogen and oxygen atoms in total. The van der Waals surface area contributed by atoms with Crippen LogP contribution in [0.2, 0.25) is 0 Å². The maximum atomic E-state index is 5.18. The van der Waals surface area contributed by atoms with Gasteiger partial charge in [-0.05, 0) is 72.0 Å². The molecule has 3 heteroatoms. The first kappa shape index (κ1) is 23.3. The number of hydrogen-bond acceptors (Lipinski definition) is 3. The van der Waals surface area contributed by atoms with E-state index in [0.29, 0.717) is 0 Å². The molecule has 0 bridgehead atoms. The molecule has 0 atom stereocenters. The van der Waals surface area contributed by atoms with Crippen molar-refractivity contribution in [3.05, 3.63) is 120 Å². The molecular formula is C37H26N2S. The maximum Gasteiger partial charge on any atom is 0.0979 e. The summed E-state index contributed by atoms with van der Waals surface area (Å²) in [7, 11) is 0. The van der Waals surface area contributed by atoms with Gasteiger partial charge in [0.25, 0.3) is 0 Å². The van der Waals surface area contributed by atoms with Crippen LogP contribution in [-0.2, 0) is 0 Å². The van der Waals surface area contributed by atoms with Crippen LogP contribution >= 0.6 is 11.3 Å². The highest BCUT2D eigenvalue weighted by atomic mass is 32.1.